The van der Waals surface area contributed by atoms with Gasteiger partial charge in [-0.25, -0.2) is 0 Å². The summed E-state index contributed by atoms with van der Waals surface area (Å²) < 4.78 is 36.6. The number of aryl methyl sites for hydroxylation is 1. The molecule has 0 fully saturated rings. The second-order valence-electron chi connectivity index (χ2n) is 2.41. The van der Waals surface area contributed by atoms with Crippen molar-refractivity contribution >= 4 is 0 Å². The molecule has 0 spiro atoms. The second-order valence-corrected chi connectivity index (χ2v) is 2.41. The van der Waals surface area contributed by atoms with Gasteiger partial charge in [-0.3, -0.25) is 4.98 Å². The maximum atomic E-state index is 12.2. The van der Waals surface area contributed by atoms with Crippen molar-refractivity contribution in [2.75, 3.05) is 0 Å². The van der Waals surface area contributed by atoms with Crippen molar-refractivity contribution < 1.29 is 13.2 Å². The summed E-state index contributed by atoms with van der Waals surface area (Å²) in [5.41, 5.74) is -1.37. The number of rotatable bonds is 0. The van der Waals surface area contributed by atoms with E-state index in [1.165, 1.54) is 13.0 Å². The molecule has 0 unspecified atom stereocenters. The van der Waals surface area contributed by atoms with E-state index >= 15 is 0 Å². The highest BCUT2D eigenvalue weighted by molar-refractivity contribution is 5.37. The standard InChI is InChI=1S/C8H4F3N2/c1-5-2-7(8(9,10)11)6(3-12)4-13-5/h2H,1H3. The van der Waals surface area contributed by atoms with Crippen LogP contribution < -0.4 is 0 Å². The average Bonchev–Trinajstić information content (AvgIpc) is 2.03. The summed E-state index contributed by atoms with van der Waals surface area (Å²) in [6.07, 6.45) is -2.49. The summed E-state index contributed by atoms with van der Waals surface area (Å²) in [7, 11) is 0. The molecule has 0 saturated carbocycles. The smallest absolute Gasteiger partial charge is 0.250 e. The average molecular weight is 185 g/mol. The van der Waals surface area contributed by atoms with Gasteiger partial charge in [0.2, 0.25) is 0 Å². The predicted octanol–water partition coefficient (Wildman–Crippen LogP) is 2.08. The summed E-state index contributed by atoms with van der Waals surface area (Å²) >= 11 is 0. The molecule has 0 amide bonds. The molecule has 0 aliphatic rings. The summed E-state index contributed by atoms with van der Waals surface area (Å²) in [5.74, 6) is 0. The van der Waals surface area contributed by atoms with E-state index in [2.05, 4.69) is 4.98 Å². The number of pyridine rings is 1. The van der Waals surface area contributed by atoms with Gasteiger partial charge in [0, 0.05) is 5.69 Å². The van der Waals surface area contributed by atoms with Crippen LogP contribution in [0.15, 0.2) is 6.07 Å². The topological polar surface area (TPSA) is 36.7 Å². The Balaban J connectivity index is 3.35. The van der Waals surface area contributed by atoms with Gasteiger partial charge in [0.25, 0.3) is 0 Å². The second kappa shape index (κ2) is 3.05. The van der Waals surface area contributed by atoms with Crippen molar-refractivity contribution in [2.24, 2.45) is 0 Å². The normalized spacial score (nSPS) is 11.0. The number of hydrogen-bond acceptors (Lipinski definition) is 2. The van der Waals surface area contributed by atoms with Gasteiger partial charge in [0.15, 0.2) is 0 Å². The van der Waals surface area contributed by atoms with E-state index in [9.17, 15) is 13.2 Å². The van der Waals surface area contributed by atoms with Crippen LogP contribution in [-0.2, 0) is 6.18 Å². The minimum atomic E-state index is -4.52. The Kier molecular flexibility index (Phi) is 2.24. The molecule has 2 nitrogen and oxygen atoms in total. The van der Waals surface area contributed by atoms with E-state index in [1.54, 1.807) is 0 Å². The number of nitrogens with zero attached hydrogens (tertiary/aromatic N) is 2. The first-order chi connectivity index (χ1) is 5.95. The molecular formula is C8H4F3N2. The molecule has 0 aromatic carbocycles. The molecule has 67 valence electrons. The van der Waals surface area contributed by atoms with Crippen LogP contribution in [0.1, 0.15) is 16.8 Å². The lowest BCUT2D eigenvalue weighted by Gasteiger charge is -2.07. The number of alkyl halides is 3. The Morgan fingerprint density at radius 3 is 2.62 bits per heavy atom. The van der Waals surface area contributed by atoms with Crippen LogP contribution in [0, 0.1) is 24.5 Å². The van der Waals surface area contributed by atoms with E-state index in [-0.39, 0.29) is 5.69 Å². The van der Waals surface area contributed by atoms with Gasteiger partial charge in [0.1, 0.15) is 12.3 Å². The number of aromatic nitrogens is 1. The lowest BCUT2D eigenvalue weighted by atomic mass is 10.1. The van der Waals surface area contributed by atoms with Crippen molar-refractivity contribution in [1.29, 1.82) is 5.26 Å². The molecule has 0 N–H and O–H groups in total. The van der Waals surface area contributed by atoms with Crippen LogP contribution in [-0.4, -0.2) is 4.98 Å². The van der Waals surface area contributed by atoms with Crippen LogP contribution in [0.5, 0.6) is 0 Å². The van der Waals surface area contributed by atoms with Crippen molar-refractivity contribution in [1.82, 2.24) is 4.98 Å². The van der Waals surface area contributed by atoms with Crippen LogP contribution in [0.2, 0.25) is 0 Å². The fraction of sp³-hybridized carbons (Fsp3) is 0.250. The summed E-state index contributed by atoms with van der Waals surface area (Å²) in [4.78, 5) is 3.48. The summed E-state index contributed by atoms with van der Waals surface area (Å²) in [6, 6.07) is 2.22. The number of hydrogen-bond donors (Lipinski definition) is 0. The molecule has 5 heteroatoms. The van der Waals surface area contributed by atoms with Gasteiger partial charge in [-0.15, -0.1) is 0 Å². The van der Waals surface area contributed by atoms with Crippen LogP contribution >= 0.6 is 0 Å². The molecule has 0 aliphatic carbocycles. The number of nitriles is 1. The lowest BCUT2D eigenvalue weighted by molar-refractivity contribution is -0.137. The summed E-state index contributed by atoms with van der Waals surface area (Å²) in [5, 5.41) is 8.35. The molecular weight excluding hydrogens is 181 g/mol. The van der Waals surface area contributed by atoms with Crippen molar-refractivity contribution in [3.8, 4) is 6.07 Å². The Morgan fingerprint density at radius 1 is 1.54 bits per heavy atom. The minimum Gasteiger partial charge on any atom is -0.250 e. The quantitative estimate of drug-likeness (QED) is 0.620. The van der Waals surface area contributed by atoms with E-state index in [0.717, 1.165) is 6.07 Å². The first-order valence-corrected chi connectivity index (χ1v) is 3.32. The third-order valence-electron chi connectivity index (χ3n) is 1.38. The molecule has 0 atom stereocenters. The fourth-order valence-electron chi connectivity index (χ4n) is 0.826. The summed E-state index contributed by atoms with van der Waals surface area (Å²) in [6.45, 7) is 1.41. The zero-order chi connectivity index (χ0) is 10.1. The lowest BCUT2D eigenvalue weighted by Crippen LogP contribution is -2.09. The third-order valence-corrected chi connectivity index (χ3v) is 1.38. The first kappa shape index (κ1) is 9.52. The van der Waals surface area contributed by atoms with Crippen LogP contribution in [0.4, 0.5) is 13.2 Å². The monoisotopic (exact) mass is 185 g/mol. The maximum Gasteiger partial charge on any atom is 0.417 e. The van der Waals surface area contributed by atoms with E-state index in [4.69, 9.17) is 5.26 Å². The largest absolute Gasteiger partial charge is 0.417 e. The van der Waals surface area contributed by atoms with Crippen molar-refractivity contribution in [3.63, 3.8) is 0 Å². The molecule has 1 rings (SSSR count). The fourth-order valence-corrected chi connectivity index (χ4v) is 0.826. The van der Waals surface area contributed by atoms with Crippen molar-refractivity contribution in [3.05, 3.63) is 29.1 Å². The van der Waals surface area contributed by atoms with E-state index in [0.29, 0.717) is 0 Å². The van der Waals surface area contributed by atoms with Gasteiger partial charge < -0.3 is 0 Å². The molecule has 1 aromatic rings. The minimum absolute atomic E-state index is 0.186. The van der Waals surface area contributed by atoms with Gasteiger partial charge in [-0.05, 0) is 13.0 Å². The maximum absolute atomic E-state index is 12.2. The number of halogens is 3. The molecule has 1 heterocycles. The van der Waals surface area contributed by atoms with Crippen LogP contribution in [0.3, 0.4) is 0 Å². The SMILES string of the molecule is Cc1cc(C(F)(F)F)c(C#N)[c]n1. The Bertz CT molecular complexity index is 363. The molecule has 0 saturated heterocycles. The molecule has 1 radical (unpaired) electrons. The van der Waals surface area contributed by atoms with E-state index in [1.807, 2.05) is 6.20 Å². The van der Waals surface area contributed by atoms with Gasteiger partial charge >= 0.3 is 6.18 Å². The highest BCUT2D eigenvalue weighted by Crippen LogP contribution is 2.31. The Hall–Kier alpha value is -1.57. The van der Waals surface area contributed by atoms with Crippen LogP contribution in [0.25, 0.3) is 0 Å². The highest BCUT2D eigenvalue weighted by atomic mass is 19.4. The molecule has 0 aliphatic heterocycles. The van der Waals surface area contributed by atoms with Gasteiger partial charge in [0.05, 0.1) is 11.1 Å². The third kappa shape index (κ3) is 1.96. The van der Waals surface area contributed by atoms with Gasteiger partial charge in [-0.2, -0.15) is 18.4 Å². The molecule has 1 aromatic heterocycles. The predicted molar refractivity (Wildman–Crippen MR) is 37.5 cm³/mol. The zero-order valence-corrected chi connectivity index (χ0v) is 6.61. The Labute approximate surface area is 72.6 Å². The van der Waals surface area contributed by atoms with E-state index < -0.39 is 17.3 Å². The Morgan fingerprint density at radius 2 is 2.15 bits per heavy atom. The molecule has 13 heavy (non-hydrogen) atoms. The van der Waals surface area contributed by atoms with Gasteiger partial charge in [-0.1, -0.05) is 0 Å². The zero-order valence-electron chi connectivity index (χ0n) is 6.61. The molecule has 0 bridgehead atoms. The highest BCUT2D eigenvalue weighted by Gasteiger charge is 2.33. The first-order valence-electron chi connectivity index (χ1n) is 3.32. The van der Waals surface area contributed by atoms with Crippen molar-refractivity contribution in [2.45, 2.75) is 13.1 Å².